The highest BCUT2D eigenvalue weighted by Gasteiger charge is 2.15. The molecular weight excluding hydrogens is 182 g/mol. The predicted octanol–water partition coefficient (Wildman–Crippen LogP) is 0.595. The number of nitrogens with one attached hydrogen (secondary N) is 1. The third-order valence-corrected chi connectivity index (χ3v) is 1.59. The van der Waals surface area contributed by atoms with Gasteiger partial charge in [0.1, 0.15) is 5.82 Å². The molecule has 0 saturated heterocycles. The topological polar surface area (TPSA) is 89.1 Å². The van der Waals surface area contributed by atoms with E-state index >= 15 is 0 Å². The molecule has 0 spiro atoms. The van der Waals surface area contributed by atoms with Crippen LogP contribution in [0, 0.1) is 5.41 Å². The van der Waals surface area contributed by atoms with Crippen LogP contribution in [0.5, 0.6) is 0 Å². The van der Waals surface area contributed by atoms with E-state index < -0.39 is 5.97 Å². The summed E-state index contributed by atoms with van der Waals surface area (Å²) in [5, 5.41) is 7.49. The molecule has 0 saturated carbocycles. The monoisotopic (exact) mass is 193 g/mol. The minimum Gasteiger partial charge on any atom is -0.461 e. The number of pyridine rings is 1. The number of carbonyl (C=O) groups is 1. The molecule has 0 unspecified atom stereocenters. The van der Waals surface area contributed by atoms with E-state index in [-0.39, 0.29) is 18.1 Å². The summed E-state index contributed by atoms with van der Waals surface area (Å²) >= 11 is 0. The smallest absolute Gasteiger partial charge is 0.356 e. The Morgan fingerprint density at radius 2 is 2.43 bits per heavy atom. The van der Waals surface area contributed by atoms with Crippen LogP contribution in [-0.4, -0.2) is 23.3 Å². The second-order valence-corrected chi connectivity index (χ2v) is 2.53. The maximum Gasteiger partial charge on any atom is 0.356 e. The summed E-state index contributed by atoms with van der Waals surface area (Å²) in [7, 11) is 0. The molecule has 3 N–H and O–H groups in total. The van der Waals surface area contributed by atoms with Gasteiger partial charge in [0, 0.05) is 11.8 Å². The van der Waals surface area contributed by atoms with Crippen LogP contribution in [0.25, 0.3) is 0 Å². The molecule has 0 aliphatic rings. The number of esters is 1. The largest absolute Gasteiger partial charge is 0.461 e. The molecule has 0 aliphatic heterocycles. The lowest BCUT2D eigenvalue weighted by atomic mass is 10.1. The third kappa shape index (κ3) is 2.07. The van der Waals surface area contributed by atoms with E-state index in [1.807, 2.05) is 0 Å². The number of anilines is 1. The van der Waals surface area contributed by atoms with Gasteiger partial charge in [0.2, 0.25) is 0 Å². The van der Waals surface area contributed by atoms with E-state index in [1.54, 1.807) is 19.1 Å². The van der Waals surface area contributed by atoms with Gasteiger partial charge >= 0.3 is 5.97 Å². The van der Waals surface area contributed by atoms with Crippen LogP contribution >= 0.6 is 0 Å². The summed E-state index contributed by atoms with van der Waals surface area (Å²) in [6.45, 7) is 1.92. The van der Waals surface area contributed by atoms with E-state index in [0.717, 1.165) is 0 Å². The van der Waals surface area contributed by atoms with Crippen molar-refractivity contribution in [3.63, 3.8) is 0 Å². The highest BCUT2D eigenvalue weighted by molar-refractivity contribution is 6.42. The van der Waals surface area contributed by atoms with Crippen LogP contribution in [0.2, 0.25) is 0 Å². The Morgan fingerprint density at radius 3 is 3.00 bits per heavy atom. The average molecular weight is 193 g/mol. The highest BCUT2D eigenvalue weighted by atomic mass is 16.5. The molecule has 1 heterocycles. The minimum absolute atomic E-state index is 0.158. The summed E-state index contributed by atoms with van der Waals surface area (Å²) in [4.78, 5) is 14.9. The van der Waals surface area contributed by atoms with Crippen molar-refractivity contribution in [1.82, 2.24) is 4.98 Å². The van der Waals surface area contributed by atoms with E-state index in [4.69, 9.17) is 11.1 Å². The Morgan fingerprint density at radius 1 is 1.71 bits per heavy atom. The summed E-state index contributed by atoms with van der Waals surface area (Å²) < 4.78 is 4.67. The fourth-order valence-electron chi connectivity index (χ4n) is 0.942. The standard InChI is InChI=1S/C9H11N3O2/c1-2-14-9(13)7(10)6-4-3-5-12-8(6)11/h3-5,10H,2H2,1H3,(H2,11,12). The number of hydrogen-bond donors (Lipinski definition) is 2. The van der Waals surface area contributed by atoms with E-state index in [9.17, 15) is 4.79 Å². The molecular formula is C9H11N3O2. The van der Waals surface area contributed by atoms with Gasteiger partial charge < -0.3 is 10.5 Å². The van der Waals surface area contributed by atoms with Crippen molar-refractivity contribution < 1.29 is 9.53 Å². The van der Waals surface area contributed by atoms with Crippen molar-refractivity contribution in [2.75, 3.05) is 12.3 Å². The summed E-state index contributed by atoms with van der Waals surface area (Å²) in [5.74, 6) is -0.530. The Bertz CT molecular complexity index is 363. The molecule has 0 aliphatic carbocycles. The van der Waals surface area contributed by atoms with E-state index in [2.05, 4.69) is 9.72 Å². The van der Waals surface area contributed by atoms with Gasteiger partial charge in [-0.1, -0.05) is 0 Å². The Labute approximate surface area is 81.4 Å². The van der Waals surface area contributed by atoms with Gasteiger partial charge in [-0.25, -0.2) is 9.78 Å². The van der Waals surface area contributed by atoms with Crippen LogP contribution in [0.4, 0.5) is 5.82 Å². The van der Waals surface area contributed by atoms with Crippen LogP contribution in [-0.2, 0) is 9.53 Å². The van der Waals surface area contributed by atoms with Gasteiger partial charge in [-0.3, -0.25) is 5.41 Å². The third-order valence-electron chi connectivity index (χ3n) is 1.59. The molecule has 0 amide bonds. The normalized spacial score (nSPS) is 9.50. The van der Waals surface area contributed by atoms with Crippen molar-refractivity contribution in [2.24, 2.45) is 0 Å². The maximum absolute atomic E-state index is 11.2. The van der Waals surface area contributed by atoms with Gasteiger partial charge in [-0.15, -0.1) is 0 Å². The molecule has 14 heavy (non-hydrogen) atoms. The SMILES string of the molecule is CCOC(=O)C(=N)c1cccnc1N. The number of hydrogen-bond acceptors (Lipinski definition) is 5. The van der Waals surface area contributed by atoms with Gasteiger partial charge in [0.05, 0.1) is 6.61 Å². The number of carbonyl (C=O) groups excluding carboxylic acids is 1. The Balaban J connectivity index is 2.90. The quantitative estimate of drug-likeness (QED) is 0.543. The van der Waals surface area contributed by atoms with Gasteiger partial charge in [0.25, 0.3) is 0 Å². The molecule has 0 radical (unpaired) electrons. The van der Waals surface area contributed by atoms with Crippen molar-refractivity contribution >= 4 is 17.5 Å². The van der Waals surface area contributed by atoms with Crippen LogP contribution in [0.15, 0.2) is 18.3 Å². The molecule has 0 bridgehead atoms. The molecule has 1 aromatic heterocycles. The van der Waals surface area contributed by atoms with Gasteiger partial charge in [0.15, 0.2) is 5.71 Å². The lowest BCUT2D eigenvalue weighted by Gasteiger charge is -2.04. The summed E-state index contributed by atoms with van der Waals surface area (Å²) in [6, 6.07) is 3.17. The molecule has 0 fully saturated rings. The van der Waals surface area contributed by atoms with Crippen molar-refractivity contribution in [3.05, 3.63) is 23.9 Å². The molecule has 0 atom stereocenters. The molecule has 1 aromatic rings. The van der Waals surface area contributed by atoms with Crippen LogP contribution < -0.4 is 5.73 Å². The summed E-state index contributed by atoms with van der Waals surface area (Å²) in [6.07, 6.45) is 1.50. The number of ether oxygens (including phenoxy) is 1. The zero-order valence-corrected chi connectivity index (χ0v) is 7.78. The second kappa shape index (κ2) is 4.36. The Kier molecular flexibility index (Phi) is 3.17. The second-order valence-electron chi connectivity index (χ2n) is 2.53. The fraction of sp³-hybridized carbons (Fsp3) is 0.222. The molecule has 5 nitrogen and oxygen atoms in total. The molecule has 1 rings (SSSR count). The molecule has 5 heteroatoms. The first-order valence-electron chi connectivity index (χ1n) is 4.13. The summed E-state index contributed by atoms with van der Waals surface area (Å²) in [5.41, 5.74) is 5.53. The zero-order chi connectivity index (χ0) is 10.6. The predicted molar refractivity (Wildman–Crippen MR) is 52.1 cm³/mol. The highest BCUT2D eigenvalue weighted by Crippen LogP contribution is 2.08. The number of rotatable bonds is 3. The maximum atomic E-state index is 11.2. The van der Waals surface area contributed by atoms with Crippen molar-refractivity contribution in [1.29, 1.82) is 5.41 Å². The van der Waals surface area contributed by atoms with Crippen molar-refractivity contribution in [3.8, 4) is 0 Å². The first kappa shape index (κ1) is 10.2. The Hall–Kier alpha value is -1.91. The fourth-order valence-corrected chi connectivity index (χ4v) is 0.942. The number of nitrogens with zero attached hydrogens (tertiary/aromatic N) is 1. The molecule has 0 aromatic carbocycles. The first-order valence-corrected chi connectivity index (χ1v) is 4.13. The zero-order valence-electron chi connectivity index (χ0n) is 7.78. The molecule has 74 valence electrons. The lowest BCUT2D eigenvalue weighted by Crippen LogP contribution is -2.19. The van der Waals surface area contributed by atoms with Crippen molar-refractivity contribution in [2.45, 2.75) is 6.92 Å². The minimum atomic E-state index is -0.688. The number of aromatic nitrogens is 1. The number of nitrogens with two attached hydrogens (primary N) is 1. The van der Waals surface area contributed by atoms with E-state index in [0.29, 0.717) is 5.56 Å². The lowest BCUT2D eigenvalue weighted by molar-refractivity contribution is -0.135. The number of nitrogen functional groups attached to an aromatic ring is 1. The van der Waals surface area contributed by atoms with Gasteiger partial charge in [-0.2, -0.15) is 0 Å². The average Bonchev–Trinajstić information content (AvgIpc) is 2.18. The van der Waals surface area contributed by atoms with E-state index in [1.165, 1.54) is 6.20 Å². The van der Waals surface area contributed by atoms with Crippen LogP contribution in [0.1, 0.15) is 12.5 Å². The van der Waals surface area contributed by atoms with Crippen LogP contribution in [0.3, 0.4) is 0 Å². The first-order chi connectivity index (χ1) is 6.66. The van der Waals surface area contributed by atoms with Gasteiger partial charge in [-0.05, 0) is 19.1 Å².